The Hall–Kier alpha value is -2.18. The van der Waals surface area contributed by atoms with Gasteiger partial charge >= 0.3 is 0 Å². The SMILES string of the molecule is C=CCCC(=O)N1C2CCC1CN(C(=O)c1cccc(C3(O)COC3)c1)CC2. The quantitative estimate of drug-likeness (QED) is 0.789. The van der Waals surface area contributed by atoms with Gasteiger partial charge in [-0.15, -0.1) is 6.58 Å². The number of nitrogens with zero attached hydrogens (tertiary/aromatic N) is 2. The summed E-state index contributed by atoms with van der Waals surface area (Å²) in [6, 6.07) is 7.56. The van der Waals surface area contributed by atoms with Gasteiger partial charge in [0, 0.05) is 37.2 Å². The Morgan fingerprint density at radius 2 is 2.04 bits per heavy atom. The maximum Gasteiger partial charge on any atom is 0.253 e. The van der Waals surface area contributed by atoms with E-state index in [9.17, 15) is 14.7 Å². The van der Waals surface area contributed by atoms with Gasteiger partial charge in [-0.25, -0.2) is 0 Å². The summed E-state index contributed by atoms with van der Waals surface area (Å²) in [7, 11) is 0. The highest BCUT2D eigenvalue weighted by atomic mass is 16.5. The number of hydrogen-bond acceptors (Lipinski definition) is 4. The van der Waals surface area contributed by atoms with Crippen molar-refractivity contribution in [2.75, 3.05) is 26.3 Å². The number of aliphatic hydroxyl groups is 1. The molecule has 6 nitrogen and oxygen atoms in total. The second-order valence-electron chi connectivity index (χ2n) is 8.16. The van der Waals surface area contributed by atoms with Gasteiger partial charge in [0.15, 0.2) is 0 Å². The molecule has 4 rings (SSSR count). The van der Waals surface area contributed by atoms with E-state index in [0.717, 1.165) is 24.8 Å². The Labute approximate surface area is 165 Å². The number of ether oxygens (including phenoxy) is 1. The second-order valence-corrected chi connectivity index (χ2v) is 8.16. The molecule has 3 aliphatic heterocycles. The first-order valence-corrected chi connectivity index (χ1v) is 10.1. The molecule has 1 aromatic rings. The van der Waals surface area contributed by atoms with Crippen molar-refractivity contribution >= 4 is 11.8 Å². The molecule has 6 heteroatoms. The van der Waals surface area contributed by atoms with Crippen molar-refractivity contribution < 1.29 is 19.4 Å². The topological polar surface area (TPSA) is 70.1 Å². The molecular weight excluding hydrogens is 356 g/mol. The minimum absolute atomic E-state index is 0.0308. The van der Waals surface area contributed by atoms with Gasteiger partial charge in [0.2, 0.25) is 5.91 Å². The fraction of sp³-hybridized carbons (Fsp3) is 0.545. The Morgan fingerprint density at radius 3 is 2.75 bits per heavy atom. The lowest BCUT2D eigenvalue weighted by molar-refractivity contribution is -0.184. The predicted octanol–water partition coefficient (Wildman–Crippen LogP) is 2.08. The lowest BCUT2D eigenvalue weighted by Gasteiger charge is -2.37. The molecule has 3 fully saturated rings. The fourth-order valence-corrected chi connectivity index (χ4v) is 4.61. The summed E-state index contributed by atoms with van der Waals surface area (Å²) >= 11 is 0. The highest BCUT2D eigenvalue weighted by Crippen LogP contribution is 2.33. The third-order valence-corrected chi connectivity index (χ3v) is 6.25. The average molecular weight is 384 g/mol. The molecule has 2 atom stereocenters. The Balaban J connectivity index is 1.48. The molecule has 1 N–H and O–H groups in total. The molecule has 2 amide bonds. The predicted molar refractivity (Wildman–Crippen MR) is 105 cm³/mol. The van der Waals surface area contributed by atoms with Crippen LogP contribution in [-0.2, 0) is 15.1 Å². The molecule has 3 heterocycles. The largest absolute Gasteiger partial charge is 0.380 e. The zero-order valence-electron chi connectivity index (χ0n) is 16.2. The van der Waals surface area contributed by atoms with Crippen LogP contribution in [0.1, 0.15) is 48.0 Å². The van der Waals surface area contributed by atoms with Crippen LogP contribution in [0.25, 0.3) is 0 Å². The van der Waals surface area contributed by atoms with E-state index in [0.29, 0.717) is 31.5 Å². The number of fused-ring (bicyclic) bond motifs is 2. The second kappa shape index (κ2) is 7.68. The van der Waals surface area contributed by atoms with Gasteiger partial charge in [-0.05, 0) is 43.4 Å². The normalized spacial score (nSPS) is 25.8. The van der Waals surface area contributed by atoms with Crippen LogP contribution >= 0.6 is 0 Å². The van der Waals surface area contributed by atoms with Gasteiger partial charge in [0.25, 0.3) is 5.91 Å². The van der Waals surface area contributed by atoms with Gasteiger partial charge in [-0.1, -0.05) is 18.2 Å². The third-order valence-electron chi connectivity index (χ3n) is 6.25. The third kappa shape index (κ3) is 3.47. The lowest BCUT2D eigenvalue weighted by atomic mass is 9.91. The van der Waals surface area contributed by atoms with Crippen LogP contribution in [0.2, 0.25) is 0 Å². The Bertz CT molecular complexity index is 774. The molecule has 150 valence electrons. The lowest BCUT2D eigenvalue weighted by Crippen LogP contribution is -2.46. The fourth-order valence-electron chi connectivity index (χ4n) is 4.61. The molecule has 2 unspecified atom stereocenters. The van der Waals surface area contributed by atoms with Crippen molar-refractivity contribution in [2.45, 2.75) is 49.8 Å². The van der Waals surface area contributed by atoms with E-state index in [-0.39, 0.29) is 37.1 Å². The average Bonchev–Trinajstić information content (AvgIpc) is 2.98. The van der Waals surface area contributed by atoms with Crippen LogP contribution in [-0.4, -0.2) is 65.1 Å². The highest BCUT2D eigenvalue weighted by Gasteiger charge is 2.41. The van der Waals surface area contributed by atoms with Crippen molar-refractivity contribution in [3.8, 4) is 0 Å². The number of likely N-dealkylation sites (tertiary alicyclic amines) is 1. The van der Waals surface area contributed by atoms with Crippen molar-refractivity contribution in [1.82, 2.24) is 9.80 Å². The minimum atomic E-state index is -0.984. The highest BCUT2D eigenvalue weighted by molar-refractivity contribution is 5.94. The van der Waals surface area contributed by atoms with Crippen LogP contribution < -0.4 is 0 Å². The maximum absolute atomic E-state index is 13.2. The number of rotatable bonds is 5. The number of amides is 2. The zero-order valence-corrected chi connectivity index (χ0v) is 16.2. The molecule has 0 spiro atoms. The van der Waals surface area contributed by atoms with Crippen LogP contribution in [0, 0.1) is 0 Å². The summed E-state index contributed by atoms with van der Waals surface area (Å²) < 4.78 is 5.13. The first kappa shape index (κ1) is 19.2. The first-order valence-electron chi connectivity index (χ1n) is 10.1. The minimum Gasteiger partial charge on any atom is -0.380 e. The van der Waals surface area contributed by atoms with E-state index in [1.54, 1.807) is 18.2 Å². The number of hydrogen-bond donors (Lipinski definition) is 1. The molecule has 1 aromatic carbocycles. The molecule has 3 aliphatic rings. The van der Waals surface area contributed by atoms with E-state index in [1.807, 2.05) is 21.9 Å². The van der Waals surface area contributed by atoms with Crippen molar-refractivity contribution in [2.24, 2.45) is 0 Å². The van der Waals surface area contributed by atoms with E-state index in [4.69, 9.17) is 4.74 Å². The number of carbonyl (C=O) groups is 2. The Morgan fingerprint density at radius 1 is 1.25 bits per heavy atom. The van der Waals surface area contributed by atoms with E-state index < -0.39 is 5.60 Å². The molecule has 0 aromatic heterocycles. The van der Waals surface area contributed by atoms with Crippen molar-refractivity contribution in [1.29, 1.82) is 0 Å². The van der Waals surface area contributed by atoms with Gasteiger partial charge in [-0.3, -0.25) is 9.59 Å². The molecule has 28 heavy (non-hydrogen) atoms. The number of benzene rings is 1. The summed E-state index contributed by atoms with van der Waals surface area (Å²) in [5, 5.41) is 10.5. The van der Waals surface area contributed by atoms with Crippen LogP contribution in [0.3, 0.4) is 0 Å². The summed E-state index contributed by atoms with van der Waals surface area (Å²) in [5.41, 5.74) is 0.324. The van der Waals surface area contributed by atoms with Crippen molar-refractivity contribution in [3.05, 3.63) is 48.0 Å². The monoisotopic (exact) mass is 384 g/mol. The molecular formula is C22H28N2O4. The van der Waals surface area contributed by atoms with Gasteiger partial charge in [-0.2, -0.15) is 0 Å². The molecule has 0 saturated carbocycles. The number of carbonyl (C=O) groups excluding carboxylic acids is 2. The molecule has 3 saturated heterocycles. The van der Waals surface area contributed by atoms with Crippen LogP contribution in [0.15, 0.2) is 36.9 Å². The van der Waals surface area contributed by atoms with E-state index in [1.165, 1.54) is 0 Å². The summed E-state index contributed by atoms with van der Waals surface area (Å²) in [6.07, 6.45) is 5.76. The molecule has 2 bridgehead atoms. The van der Waals surface area contributed by atoms with E-state index in [2.05, 4.69) is 6.58 Å². The summed E-state index contributed by atoms with van der Waals surface area (Å²) in [4.78, 5) is 29.7. The molecule has 0 aliphatic carbocycles. The first-order chi connectivity index (χ1) is 13.5. The van der Waals surface area contributed by atoms with E-state index >= 15 is 0 Å². The maximum atomic E-state index is 13.2. The van der Waals surface area contributed by atoms with Gasteiger partial charge in [0.05, 0.1) is 13.2 Å². The van der Waals surface area contributed by atoms with Crippen LogP contribution in [0.5, 0.6) is 0 Å². The van der Waals surface area contributed by atoms with Crippen molar-refractivity contribution in [3.63, 3.8) is 0 Å². The number of allylic oxidation sites excluding steroid dienone is 1. The standard InChI is InChI=1S/C22H28N2O4/c1-2-3-7-20(25)24-18-8-9-19(24)13-23(11-10-18)21(26)16-5-4-6-17(12-16)22(27)14-28-15-22/h2,4-6,12,18-19,27H,1,3,7-11,13-15H2. The Kier molecular flexibility index (Phi) is 5.25. The van der Waals surface area contributed by atoms with Crippen LogP contribution in [0.4, 0.5) is 0 Å². The molecule has 0 radical (unpaired) electrons. The smallest absolute Gasteiger partial charge is 0.253 e. The van der Waals surface area contributed by atoms with Gasteiger partial charge < -0.3 is 19.6 Å². The summed E-state index contributed by atoms with van der Waals surface area (Å²) in [5.74, 6) is 0.146. The zero-order chi connectivity index (χ0) is 19.7. The summed E-state index contributed by atoms with van der Waals surface area (Å²) in [6.45, 7) is 5.46. The van der Waals surface area contributed by atoms with Gasteiger partial charge in [0.1, 0.15) is 5.60 Å².